The van der Waals surface area contributed by atoms with Crippen molar-refractivity contribution in [2.75, 3.05) is 6.26 Å². The highest BCUT2D eigenvalue weighted by Crippen LogP contribution is 2.49. The van der Waals surface area contributed by atoms with Gasteiger partial charge >= 0.3 is 0 Å². The minimum atomic E-state index is -1.58. The maximum atomic E-state index is 13.3. The molecule has 4 aromatic carbocycles. The Balaban J connectivity index is 1.69. The van der Waals surface area contributed by atoms with Crippen LogP contribution in [0.25, 0.3) is 45.0 Å². The van der Waals surface area contributed by atoms with Gasteiger partial charge in [-0.1, -0.05) is 121 Å². The molecule has 0 aliphatic rings. The first-order valence-electron chi connectivity index (χ1n) is 14.4. The molecule has 6 heteroatoms. The van der Waals surface area contributed by atoms with E-state index in [0.717, 1.165) is 45.0 Å². The van der Waals surface area contributed by atoms with Gasteiger partial charge in [0.15, 0.2) is 17.2 Å². The Labute approximate surface area is 257 Å². The van der Waals surface area contributed by atoms with Crippen molar-refractivity contribution in [3.63, 3.8) is 0 Å². The van der Waals surface area contributed by atoms with Gasteiger partial charge in [0.1, 0.15) is 0 Å². The summed E-state index contributed by atoms with van der Waals surface area (Å²) in [5.74, 6) is 1.08. The summed E-state index contributed by atoms with van der Waals surface area (Å²) in [6.07, 6.45) is 2.03. The number of benzene rings is 4. The molecule has 0 bridgehead atoms. The third kappa shape index (κ3) is 4.81. The molecule has 2 aromatic heterocycles. The van der Waals surface area contributed by atoms with Gasteiger partial charge in [-0.2, -0.15) is 11.8 Å². The van der Waals surface area contributed by atoms with Crippen molar-refractivity contribution in [3.05, 3.63) is 133 Å². The van der Waals surface area contributed by atoms with Crippen molar-refractivity contribution < 1.29 is 5.11 Å². The zero-order valence-electron chi connectivity index (χ0n) is 25.2. The summed E-state index contributed by atoms with van der Waals surface area (Å²) in [5.41, 5.74) is 5.98. The summed E-state index contributed by atoms with van der Waals surface area (Å²) in [6.45, 7) is 4.13. The molecule has 6 rings (SSSR count). The highest BCUT2D eigenvalue weighted by Gasteiger charge is 2.53. The number of aliphatic hydroxyl groups is 1. The van der Waals surface area contributed by atoms with E-state index >= 15 is 0 Å². The Morgan fingerprint density at radius 1 is 0.535 bits per heavy atom. The summed E-state index contributed by atoms with van der Waals surface area (Å²) >= 11 is 1.60. The number of thioether (sulfide) groups is 1. The molecule has 0 unspecified atom stereocenters. The van der Waals surface area contributed by atoms with E-state index in [9.17, 15) is 5.11 Å². The molecule has 0 atom stereocenters. The van der Waals surface area contributed by atoms with Crippen LogP contribution in [-0.4, -0.2) is 35.2 Å². The Bertz CT molecular complexity index is 1720. The first kappa shape index (κ1) is 28.7. The van der Waals surface area contributed by atoms with Crippen molar-refractivity contribution >= 4 is 11.8 Å². The van der Waals surface area contributed by atoms with Crippen LogP contribution in [0.2, 0.25) is 0 Å². The molecule has 5 nitrogen and oxygen atoms in total. The van der Waals surface area contributed by atoms with E-state index in [1.165, 1.54) is 0 Å². The van der Waals surface area contributed by atoms with Crippen LogP contribution < -0.4 is 0 Å². The lowest BCUT2D eigenvalue weighted by molar-refractivity contribution is 0.0262. The fourth-order valence-electron chi connectivity index (χ4n) is 5.88. The minimum Gasteiger partial charge on any atom is -0.373 e. The van der Waals surface area contributed by atoms with Gasteiger partial charge in [-0.3, -0.25) is 0 Å². The standard InChI is InChI=1S/C37H36N4OS/c1-36(2,43-5)37(42,34-38-30(26-18-10-6-11-19-26)32(40(34)3)28-22-14-8-15-23-28)35-39-31(27-20-12-7-13-21-27)33(41(35)4)29-24-16-9-17-25-29/h6-25,42H,1-5H3. The van der Waals surface area contributed by atoms with Gasteiger partial charge in [-0.25, -0.2) is 9.97 Å². The van der Waals surface area contributed by atoms with Gasteiger partial charge in [0, 0.05) is 36.3 Å². The van der Waals surface area contributed by atoms with E-state index in [4.69, 9.17) is 9.97 Å². The monoisotopic (exact) mass is 584 g/mol. The molecule has 6 aromatic rings. The van der Waals surface area contributed by atoms with Gasteiger partial charge in [-0.05, 0) is 20.1 Å². The van der Waals surface area contributed by atoms with Crippen LogP contribution in [0.3, 0.4) is 0 Å². The van der Waals surface area contributed by atoms with E-state index < -0.39 is 10.3 Å². The number of rotatable bonds is 8. The largest absolute Gasteiger partial charge is 0.373 e. The van der Waals surface area contributed by atoms with Crippen molar-refractivity contribution in [1.29, 1.82) is 0 Å². The van der Waals surface area contributed by atoms with E-state index in [1.807, 2.05) is 93.1 Å². The molecule has 0 saturated carbocycles. The third-order valence-corrected chi connectivity index (χ3v) is 9.72. The molecule has 216 valence electrons. The van der Waals surface area contributed by atoms with Crippen molar-refractivity contribution in [3.8, 4) is 45.0 Å². The second-order valence-electron chi connectivity index (χ2n) is 11.3. The van der Waals surface area contributed by atoms with Crippen LogP contribution in [-0.2, 0) is 19.7 Å². The van der Waals surface area contributed by atoms with Gasteiger partial charge in [-0.15, -0.1) is 0 Å². The SMILES string of the molecule is CSC(C)(C)C(O)(c1nc(-c2ccccc2)c(-c2ccccc2)n1C)c1nc(-c2ccccc2)c(-c2ccccc2)n1C. The molecule has 0 aliphatic carbocycles. The van der Waals surface area contributed by atoms with Crippen LogP contribution in [0.1, 0.15) is 25.5 Å². The van der Waals surface area contributed by atoms with Crippen molar-refractivity contribution in [2.24, 2.45) is 14.1 Å². The molecule has 0 fully saturated rings. The van der Waals surface area contributed by atoms with Crippen molar-refractivity contribution in [2.45, 2.75) is 24.2 Å². The first-order valence-corrected chi connectivity index (χ1v) is 15.6. The molecule has 2 heterocycles. The second kappa shape index (κ2) is 11.4. The lowest BCUT2D eigenvalue weighted by Crippen LogP contribution is -2.49. The Hall–Kier alpha value is -4.39. The molecule has 0 amide bonds. The lowest BCUT2D eigenvalue weighted by atomic mass is 9.87. The number of aromatic nitrogens is 4. The molecule has 0 aliphatic heterocycles. The Kier molecular flexibility index (Phi) is 7.59. The highest BCUT2D eigenvalue weighted by atomic mass is 32.2. The smallest absolute Gasteiger partial charge is 0.194 e. The molecule has 0 radical (unpaired) electrons. The number of imidazole rings is 2. The van der Waals surface area contributed by atoms with Crippen LogP contribution in [0, 0.1) is 0 Å². The topological polar surface area (TPSA) is 55.9 Å². The molecule has 0 saturated heterocycles. The summed E-state index contributed by atoms with van der Waals surface area (Å²) in [6, 6.07) is 40.9. The fraction of sp³-hybridized carbons (Fsp3) is 0.189. The van der Waals surface area contributed by atoms with Crippen LogP contribution in [0.15, 0.2) is 121 Å². The van der Waals surface area contributed by atoms with Gasteiger partial charge in [0.2, 0.25) is 0 Å². The van der Waals surface area contributed by atoms with Crippen LogP contribution in [0.5, 0.6) is 0 Å². The van der Waals surface area contributed by atoms with E-state index in [1.54, 1.807) is 11.8 Å². The Morgan fingerprint density at radius 2 is 0.837 bits per heavy atom. The summed E-state index contributed by atoms with van der Waals surface area (Å²) in [4.78, 5) is 10.6. The van der Waals surface area contributed by atoms with Crippen LogP contribution >= 0.6 is 11.8 Å². The normalized spacial score (nSPS) is 12.0. The number of nitrogens with zero attached hydrogens (tertiary/aromatic N) is 4. The maximum Gasteiger partial charge on any atom is 0.194 e. The van der Waals surface area contributed by atoms with E-state index in [0.29, 0.717) is 11.6 Å². The van der Waals surface area contributed by atoms with Gasteiger partial charge in [0.25, 0.3) is 0 Å². The van der Waals surface area contributed by atoms with Crippen molar-refractivity contribution in [1.82, 2.24) is 19.1 Å². The average Bonchev–Trinajstić information content (AvgIpc) is 3.59. The van der Waals surface area contributed by atoms with Gasteiger partial charge < -0.3 is 14.2 Å². The van der Waals surface area contributed by atoms with Crippen LogP contribution in [0.4, 0.5) is 0 Å². The molecule has 1 N–H and O–H groups in total. The molecule has 0 spiro atoms. The predicted octanol–water partition coefficient (Wildman–Crippen LogP) is 8.20. The Morgan fingerprint density at radius 3 is 1.14 bits per heavy atom. The third-order valence-electron chi connectivity index (χ3n) is 8.41. The van der Waals surface area contributed by atoms with Gasteiger partial charge in [0.05, 0.1) is 27.5 Å². The second-order valence-corrected chi connectivity index (χ2v) is 12.7. The highest BCUT2D eigenvalue weighted by molar-refractivity contribution is 8.00. The number of hydrogen-bond donors (Lipinski definition) is 1. The molecule has 43 heavy (non-hydrogen) atoms. The molecular formula is C37H36N4OS. The van der Waals surface area contributed by atoms with E-state index in [-0.39, 0.29) is 0 Å². The maximum absolute atomic E-state index is 13.3. The zero-order valence-corrected chi connectivity index (χ0v) is 26.0. The fourth-order valence-corrected chi connectivity index (χ4v) is 6.36. The summed E-state index contributed by atoms with van der Waals surface area (Å²) in [5, 5.41) is 13.3. The van der Waals surface area contributed by atoms with E-state index in [2.05, 4.69) is 71.5 Å². The molecular weight excluding hydrogens is 549 g/mol. The summed E-state index contributed by atoms with van der Waals surface area (Å²) < 4.78 is 3.39. The minimum absolute atomic E-state index is 0.539. The summed E-state index contributed by atoms with van der Waals surface area (Å²) in [7, 11) is 4.00. The lowest BCUT2D eigenvalue weighted by Gasteiger charge is -2.40. The number of hydrogen-bond acceptors (Lipinski definition) is 4. The zero-order chi connectivity index (χ0) is 30.2. The predicted molar refractivity (Wildman–Crippen MR) is 179 cm³/mol. The first-order chi connectivity index (χ1) is 20.8. The quantitative estimate of drug-likeness (QED) is 0.196. The average molecular weight is 585 g/mol.